The van der Waals surface area contributed by atoms with Crippen LogP contribution in [0.3, 0.4) is 0 Å². The van der Waals surface area contributed by atoms with E-state index >= 15 is 0 Å². The summed E-state index contributed by atoms with van der Waals surface area (Å²) in [6.45, 7) is -0.970. The molecule has 8 nitrogen and oxygen atoms in total. The van der Waals surface area contributed by atoms with Crippen molar-refractivity contribution in [3.63, 3.8) is 0 Å². The van der Waals surface area contributed by atoms with Gasteiger partial charge in [0.15, 0.2) is 11.5 Å². The topological polar surface area (TPSA) is 76.9 Å². The van der Waals surface area contributed by atoms with Crippen LogP contribution in [0.15, 0.2) is 30.6 Å². The predicted molar refractivity (Wildman–Crippen MR) is 97.8 cm³/mol. The number of benzene rings is 1. The van der Waals surface area contributed by atoms with Crippen molar-refractivity contribution < 1.29 is 32.2 Å². The summed E-state index contributed by atoms with van der Waals surface area (Å²) in [4.78, 5) is 32.0. The van der Waals surface area contributed by atoms with Crippen molar-refractivity contribution in [3.8, 4) is 11.5 Å². The largest absolute Gasteiger partial charge is 0.454 e. The molecule has 4 rings (SSSR count). The molecule has 1 aromatic carbocycles. The number of fused-ring (bicyclic) bond motifs is 1. The Labute approximate surface area is 169 Å². The molecule has 2 amide bonds. The smallest absolute Gasteiger partial charge is 0.406 e. The van der Waals surface area contributed by atoms with Gasteiger partial charge in [0.1, 0.15) is 12.4 Å². The number of alkyl halides is 3. The van der Waals surface area contributed by atoms with Crippen LogP contribution in [0.1, 0.15) is 12.2 Å². The highest BCUT2D eigenvalue weighted by Gasteiger charge is 2.37. The van der Waals surface area contributed by atoms with Crippen molar-refractivity contribution in [1.82, 2.24) is 14.5 Å². The molecule has 2 aromatic rings. The van der Waals surface area contributed by atoms with E-state index in [9.17, 15) is 22.8 Å². The number of halogens is 3. The molecule has 160 valence electrons. The standard InChI is InChI=1S/C19H19F3N4O4/c1-24(9-16-23-4-5-25(16)10-19(20,21)22)18(28)12-6-17(27)26(8-12)13-2-3-14-15(7-13)30-11-29-14/h2-5,7,12H,6,8-11H2,1H3. The van der Waals surface area contributed by atoms with E-state index in [1.54, 1.807) is 18.2 Å². The molecule has 2 aliphatic rings. The van der Waals surface area contributed by atoms with Crippen molar-refractivity contribution >= 4 is 17.5 Å². The highest BCUT2D eigenvalue weighted by molar-refractivity contribution is 6.00. The quantitative estimate of drug-likeness (QED) is 0.736. The van der Waals surface area contributed by atoms with Crippen LogP contribution in [0, 0.1) is 5.92 Å². The van der Waals surface area contributed by atoms with Crippen LogP contribution in [0.2, 0.25) is 0 Å². The Kier molecular flexibility index (Phi) is 5.04. The molecule has 0 bridgehead atoms. The zero-order chi connectivity index (χ0) is 21.5. The van der Waals surface area contributed by atoms with Crippen molar-refractivity contribution in [2.24, 2.45) is 5.92 Å². The molecule has 1 atom stereocenters. The molecule has 1 saturated heterocycles. The van der Waals surface area contributed by atoms with E-state index in [2.05, 4.69) is 4.98 Å². The average Bonchev–Trinajstić information content (AvgIpc) is 3.39. The number of carbonyl (C=O) groups excluding carboxylic acids is 2. The van der Waals surface area contributed by atoms with Gasteiger partial charge in [-0.15, -0.1) is 0 Å². The third-order valence-corrected chi connectivity index (χ3v) is 5.05. The van der Waals surface area contributed by atoms with Gasteiger partial charge in [-0.25, -0.2) is 4.98 Å². The monoisotopic (exact) mass is 424 g/mol. The van der Waals surface area contributed by atoms with Crippen molar-refractivity contribution in [2.75, 3.05) is 25.3 Å². The van der Waals surface area contributed by atoms with Crippen LogP contribution in [0.5, 0.6) is 11.5 Å². The molecule has 0 spiro atoms. The fraction of sp³-hybridized carbons (Fsp3) is 0.421. The van der Waals surface area contributed by atoms with E-state index in [1.807, 2.05) is 0 Å². The van der Waals surface area contributed by atoms with Gasteiger partial charge in [-0.1, -0.05) is 0 Å². The van der Waals surface area contributed by atoms with E-state index in [4.69, 9.17) is 9.47 Å². The van der Waals surface area contributed by atoms with Crippen LogP contribution >= 0.6 is 0 Å². The molecule has 0 aliphatic carbocycles. The second-order valence-electron chi connectivity index (χ2n) is 7.22. The highest BCUT2D eigenvalue weighted by Crippen LogP contribution is 2.37. The van der Waals surface area contributed by atoms with Gasteiger partial charge in [-0.2, -0.15) is 13.2 Å². The van der Waals surface area contributed by atoms with Crippen LogP contribution in [0.4, 0.5) is 18.9 Å². The summed E-state index contributed by atoms with van der Waals surface area (Å²) in [5.41, 5.74) is 0.600. The number of carbonyl (C=O) groups is 2. The maximum Gasteiger partial charge on any atom is 0.406 e. The van der Waals surface area contributed by atoms with Gasteiger partial charge >= 0.3 is 6.18 Å². The Bertz CT molecular complexity index is 975. The summed E-state index contributed by atoms with van der Waals surface area (Å²) >= 11 is 0. The molecule has 1 fully saturated rings. The molecule has 0 radical (unpaired) electrons. The number of nitrogens with zero attached hydrogens (tertiary/aromatic N) is 4. The second kappa shape index (κ2) is 7.54. The average molecular weight is 424 g/mol. The molecule has 11 heteroatoms. The lowest BCUT2D eigenvalue weighted by Gasteiger charge is -2.22. The first-order valence-corrected chi connectivity index (χ1v) is 9.23. The summed E-state index contributed by atoms with van der Waals surface area (Å²) in [6, 6.07) is 5.10. The first kappa shape index (κ1) is 20.0. The lowest BCUT2D eigenvalue weighted by molar-refractivity contribution is -0.141. The predicted octanol–water partition coefficient (Wildman–Crippen LogP) is 2.19. The fourth-order valence-electron chi connectivity index (χ4n) is 3.61. The normalized spacial score (nSPS) is 18.2. The van der Waals surface area contributed by atoms with E-state index in [-0.39, 0.29) is 43.9 Å². The van der Waals surface area contributed by atoms with E-state index < -0.39 is 18.6 Å². The van der Waals surface area contributed by atoms with Gasteiger partial charge in [0.05, 0.1) is 12.5 Å². The maximum absolute atomic E-state index is 12.8. The third-order valence-electron chi connectivity index (χ3n) is 5.05. The minimum Gasteiger partial charge on any atom is -0.454 e. The zero-order valence-electron chi connectivity index (χ0n) is 16.1. The number of hydrogen-bond donors (Lipinski definition) is 0. The Morgan fingerprint density at radius 2 is 2.07 bits per heavy atom. The molecule has 2 aliphatic heterocycles. The van der Waals surface area contributed by atoms with Crippen LogP contribution < -0.4 is 14.4 Å². The van der Waals surface area contributed by atoms with Crippen molar-refractivity contribution in [3.05, 3.63) is 36.4 Å². The molecule has 0 N–H and O–H groups in total. The van der Waals surface area contributed by atoms with E-state index in [0.29, 0.717) is 17.2 Å². The summed E-state index contributed by atoms with van der Waals surface area (Å²) in [7, 11) is 1.49. The van der Waals surface area contributed by atoms with Gasteiger partial charge in [0, 0.05) is 44.2 Å². The van der Waals surface area contributed by atoms with Gasteiger partial charge < -0.3 is 23.8 Å². The lowest BCUT2D eigenvalue weighted by Crippen LogP contribution is -2.35. The first-order chi connectivity index (χ1) is 14.2. The van der Waals surface area contributed by atoms with E-state index in [1.165, 1.54) is 29.2 Å². The van der Waals surface area contributed by atoms with Gasteiger partial charge in [0.2, 0.25) is 18.6 Å². The number of hydrogen-bond acceptors (Lipinski definition) is 5. The Morgan fingerprint density at radius 3 is 2.83 bits per heavy atom. The molecular formula is C19H19F3N4O4. The molecular weight excluding hydrogens is 405 g/mol. The number of anilines is 1. The summed E-state index contributed by atoms with van der Waals surface area (Å²) in [6.07, 6.45) is -1.88. The van der Waals surface area contributed by atoms with Gasteiger partial charge in [-0.3, -0.25) is 9.59 Å². The van der Waals surface area contributed by atoms with Crippen LogP contribution in [0.25, 0.3) is 0 Å². The van der Waals surface area contributed by atoms with Gasteiger partial charge in [-0.05, 0) is 12.1 Å². The fourth-order valence-corrected chi connectivity index (χ4v) is 3.61. The number of amides is 2. The van der Waals surface area contributed by atoms with Crippen molar-refractivity contribution in [1.29, 1.82) is 0 Å². The third kappa shape index (κ3) is 4.05. The number of ether oxygens (including phenoxy) is 2. The lowest BCUT2D eigenvalue weighted by atomic mass is 10.1. The maximum atomic E-state index is 12.8. The molecule has 0 saturated carbocycles. The molecule has 3 heterocycles. The minimum absolute atomic E-state index is 0.0224. The number of imidazole rings is 1. The Balaban J connectivity index is 1.42. The zero-order valence-corrected chi connectivity index (χ0v) is 16.1. The Hall–Kier alpha value is -3.24. The highest BCUT2D eigenvalue weighted by atomic mass is 19.4. The SMILES string of the molecule is CN(Cc1nccn1CC(F)(F)F)C(=O)C1CC(=O)N(c2ccc3c(c2)OCO3)C1. The second-order valence-corrected chi connectivity index (χ2v) is 7.22. The minimum atomic E-state index is -4.39. The van der Waals surface area contributed by atoms with E-state index in [0.717, 1.165) is 4.57 Å². The summed E-state index contributed by atoms with van der Waals surface area (Å²) in [5.74, 6) is 0.113. The Morgan fingerprint density at radius 1 is 1.30 bits per heavy atom. The molecule has 1 aromatic heterocycles. The van der Waals surface area contributed by atoms with Crippen LogP contribution in [-0.4, -0.2) is 52.8 Å². The number of aromatic nitrogens is 2. The first-order valence-electron chi connectivity index (χ1n) is 9.23. The van der Waals surface area contributed by atoms with Gasteiger partial charge in [0.25, 0.3) is 0 Å². The summed E-state index contributed by atoms with van der Waals surface area (Å²) in [5, 5.41) is 0. The number of rotatable bonds is 5. The molecule has 1 unspecified atom stereocenters. The van der Waals surface area contributed by atoms with Crippen molar-refractivity contribution in [2.45, 2.75) is 25.7 Å². The molecule has 30 heavy (non-hydrogen) atoms. The van der Waals surface area contributed by atoms with Crippen LogP contribution in [-0.2, 0) is 22.7 Å². The summed E-state index contributed by atoms with van der Waals surface area (Å²) < 4.78 is 49.6.